The number of amides is 2. The molecule has 1 aliphatic heterocycles. The van der Waals surface area contributed by atoms with Crippen LogP contribution in [-0.4, -0.2) is 30.9 Å². The number of rotatable bonds is 5. The van der Waals surface area contributed by atoms with Crippen molar-refractivity contribution in [3.63, 3.8) is 0 Å². The van der Waals surface area contributed by atoms with Crippen LogP contribution in [0.15, 0.2) is 54.6 Å². The van der Waals surface area contributed by atoms with Crippen LogP contribution in [0, 0.1) is 0 Å². The van der Waals surface area contributed by atoms with Gasteiger partial charge in [0.15, 0.2) is 0 Å². The summed E-state index contributed by atoms with van der Waals surface area (Å²) in [6.07, 6.45) is 0.115. The molecule has 0 spiro atoms. The highest BCUT2D eigenvalue weighted by molar-refractivity contribution is 6.22. The monoisotopic (exact) mass is 338 g/mol. The van der Waals surface area contributed by atoms with Crippen LogP contribution in [0.2, 0.25) is 0 Å². The molecular formula is C19H18N2O4. The molecule has 3 rings (SSSR count). The maximum Gasteiger partial charge on any atom is 0.337 e. The minimum absolute atomic E-state index is 0.115. The Balaban J connectivity index is 1.69. The van der Waals surface area contributed by atoms with Gasteiger partial charge in [0.1, 0.15) is 0 Å². The minimum atomic E-state index is -0.548. The first-order valence-corrected chi connectivity index (χ1v) is 7.92. The van der Waals surface area contributed by atoms with Crippen LogP contribution >= 0.6 is 0 Å². The van der Waals surface area contributed by atoms with E-state index in [2.05, 4.69) is 10.1 Å². The summed E-state index contributed by atoms with van der Waals surface area (Å²) in [6.45, 7) is 0.514. The van der Waals surface area contributed by atoms with Crippen molar-refractivity contribution in [1.82, 2.24) is 5.32 Å². The van der Waals surface area contributed by atoms with Crippen molar-refractivity contribution in [2.24, 2.45) is 0 Å². The number of methoxy groups -OCH3 is 1. The maximum absolute atomic E-state index is 12.6. The van der Waals surface area contributed by atoms with Gasteiger partial charge in [-0.25, -0.2) is 9.69 Å². The summed E-state index contributed by atoms with van der Waals surface area (Å²) in [7, 11) is 1.30. The summed E-state index contributed by atoms with van der Waals surface area (Å²) in [6, 6.07) is 15.3. The number of ether oxygens (including phenoxy) is 1. The Morgan fingerprint density at radius 2 is 1.80 bits per heavy atom. The SMILES string of the molecule is COC(=O)c1ccc(N2C(=O)C[C@@H](NCc3ccccc3)C2=O)cc1. The molecule has 1 heterocycles. The number of imide groups is 1. The van der Waals surface area contributed by atoms with E-state index < -0.39 is 12.0 Å². The largest absolute Gasteiger partial charge is 0.465 e. The zero-order valence-electron chi connectivity index (χ0n) is 13.8. The van der Waals surface area contributed by atoms with Gasteiger partial charge in [0.2, 0.25) is 5.91 Å². The molecule has 128 valence electrons. The van der Waals surface area contributed by atoms with E-state index in [9.17, 15) is 14.4 Å². The Kier molecular flexibility index (Phi) is 4.90. The number of carbonyl (C=O) groups is 3. The molecule has 1 atom stereocenters. The van der Waals surface area contributed by atoms with Crippen molar-refractivity contribution >= 4 is 23.5 Å². The van der Waals surface area contributed by atoms with Gasteiger partial charge in [0.25, 0.3) is 5.91 Å². The zero-order chi connectivity index (χ0) is 17.8. The lowest BCUT2D eigenvalue weighted by atomic mass is 10.2. The molecule has 0 radical (unpaired) electrons. The van der Waals surface area contributed by atoms with Crippen LogP contribution < -0.4 is 10.2 Å². The first-order chi connectivity index (χ1) is 12.1. The van der Waals surface area contributed by atoms with Gasteiger partial charge in [-0.1, -0.05) is 30.3 Å². The van der Waals surface area contributed by atoms with Crippen molar-refractivity contribution in [1.29, 1.82) is 0 Å². The molecule has 2 amide bonds. The standard InChI is InChI=1S/C19H18N2O4/c1-25-19(24)14-7-9-15(10-8-14)21-17(22)11-16(18(21)23)20-12-13-5-3-2-4-6-13/h2-10,16,20H,11-12H2,1H3/t16-/m1/s1. The van der Waals surface area contributed by atoms with Crippen molar-refractivity contribution in [3.8, 4) is 0 Å². The third-order valence-corrected chi connectivity index (χ3v) is 4.09. The number of hydrogen-bond acceptors (Lipinski definition) is 5. The lowest BCUT2D eigenvalue weighted by Crippen LogP contribution is -2.38. The molecular weight excluding hydrogens is 320 g/mol. The molecule has 25 heavy (non-hydrogen) atoms. The topological polar surface area (TPSA) is 75.7 Å². The van der Waals surface area contributed by atoms with E-state index in [-0.39, 0.29) is 18.2 Å². The van der Waals surface area contributed by atoms with E-state index in [1.165, 1.54) is 19.2 Å². The van der Waals surface area contributed by atoms with Crippen molar-refractivity contribution in [2.75, 3.05) is 12.0 Å². The van der Waals surface area contributed by atoms with E-state index in [0.29, 0.717) is 17.8 Å². The molecule has 1 fully saturated rings. The molecule has 0 unspecified atom stereocenters. The molecule has 6 nitrogen and oxygen atoms in total. The summed E-state index contributed by atoms with van der Waals surface area (Å²) in [5, 5.41) is 3.13. The first-order valence-electron chi connectivity index (χ1n) is 7.92. The van der Waals surface area contributed by atoms with E-state index in [1.807, 2.05) is 30.3 Å². The summed E-state index contributed by atoms with van der Waals surface area (Å²) >= 11 is 0. The van der Waals surface area contributed by atoms with Gasteiger partial charge >= 0.3 is 5.97 Å². The van der Waals surface area contributed by atoms with Crippen molar-refractivity contribution in [3.05, 3.63) is 65.7 Å². The number of benzene rings is 2. The van der Waals surface area contributed by atoms with Crippen LogP contribution in [-0.2, 0) is 20.9 Å². The van der Waals surface area contributed by atoms with E-state index in [4.69, 9.17) is 0 Å². The van der Waals surface area contributed by atoms with Crippen LogP contribution in [0.25, 0.3) is 0 Å². The van der Waals surface area contributed by atoms with Gasteiger partial charge in [-0.15, -0.1) is 0 Å². The smallest absolute Gasteiger partial charge is 0.337 e. The predicted molar refractivity (Wildman–Crippen MR) is 92.0 cm³/mol. The fourth-order valence-electron chi connectivity index (χ4n) is 2.76. The van der Waals surface area contributed by atoms with Gasteiger partial charge in [-0.2, -0.15) is 0 Å². The molecule has 6 heteroatoms. The maximum atomic E-state index is 12.6. The molecule has 0 saturated carbocycles. The Morgan fingerprint density at radius 1 is 1.12 bits per heavy atom. The summed E-state index contributed by atoms with van der Waals surface area (Å²) in [5.74, 6) is -1.01. The zero-order valence-corrected chi connectivity index (χ0v) is 13.8. The van der Waals surface area contributed by atoms with Crippen molar-refractivity contribution < 1.29 is 19.1 Å². The third kappa shape index (κ3) is 3.59. The number of hydrogen-bond donors (Lipinski definition) is 1. The van der Waals surface area contributed by atoms with Gasteiger partial charge in [0.05, 0.1) is 30.8 Å². The quantitative estimate of drug-likeness (QED) is 0.666. The minimum Gasteiger partial charge on any atom is -0.465 e. The molecule has 0 aromatic heterocycles. The van der Waals surface area contributed by atoms with Crippen LogP contribution in [0.4, 0.5) is 5.69 Å². The fraction of sp³-hybridized carbons (Fsp3) is 0.211. The lowest BCUT2D eigenvalue weighted by Gasteiger charge is -2.16. The van der Waals surface area contributed by atoms with Gasteiger partial charge in [-0.05, 0) is 29.8 Å². The highest BCUT2D eigenvalue weighted by Gasteiger charge is 2.39. The Labute approximate surface area is 145 Å². The molecule has 2 aromatic rings. The number of nitrogens with zero attached hydrogens (tertiary/aromatic N) is 1. The van der Waals surface area contributed by atoms with E-state index in [0.717, 1.165) is 10.5 Å². The number of anilines is 1. The van der Waals surface area contributed by atoms with Gasteiger partial charge in [-0.3, -0.25) is 9.59 Å². The Hall–Kier alpha value is -2.99. The number of carbonyl (C=O) groups excluding carboxylic acids is 3. The Morgan fingerprint density at radius 3 is 2.44 bits per heavy atom. The third-order valence-electron chi connectivity index (χ3n) is 4.09. The molecule has 0 bridgehead atoms. The molecule has 1 aliphatic rings. The van der Waals surface area contributed by atoms with Crippen molar-refractivity contribution in [2.45, 2.75) is 19.0 Å². The highest BCUT2D eigenvalue weighted by atomic mass is 16.5. The average Bonchev–Trinajstić information content (AvgIpc) is 2.94. The predicted octanol–water partition coefficient (Wildman–Crippen LogP) is 1.89. The molecule has 1 saturated heterocycles. The highest BCUT2D eigenvalue weighted by Crippen LogP contribution is 2.23. The second kappa shape index (κ2) is 7.27. The second-order valence-electron chi connectivity index (χ2n) is 5.73. The van der Waals surface area contributed by atoms with Gasteiger partial charge in [0, 0.05) is 6.54 Å². The first kappa shape index (κ1) is 16.9. The van der Waals surface area contributed by atoms with Crippen LogP contribution in [0.5, 0.6) is 0 Å². The lowest BCUT2D eigenvalue weighted by molar-refractivity contribution is -0.121. The summed E-state index contributed by atoms with van der Waals surface area (Å²) in [4.78, 5) is 37.4. The number of esters is 1. The molecule has 2 aromatic carbocycles. The Bertz CT molecular complexity index is 787. The number of nitrogens with one attached hydrogen (secondary N) is 1. The molecule has 0 aliphatic carbocycles. The van der Waals surface area contributed by atoms with Crippen LogP contribution in [0.3, 0.4) is 0 Å². The summed E-state index contributed by atoms with van der Waals surface area (Å²) < 4.78 is 4.64. The van der Waals surface area contributed by atoms with Gasteiger partial charge < -0.3 is 10.1 Å². The van der Waals surface area contributed by atoms with Crippen LogP contribution in [0.1, 0.15) is 22.3 Å². The fourth-order valence-corrected chi connectivity index (χ4v) is 2.76. The second-order valence-corrected chi connectivity index (χ2v) is 5.73. The summed E-state index contributed by atoms with van der Waals surface area (Å²) in [5.41, 5.74) is 1.86. The normalized spacial score (nSPS) is 17.0. The molecule has 1 N–H and O–H groups in total. The average molecular weight is 338 g/mol. The van der Waals surface area contributed by atoms with E-state index in [1.54, 1.807) is 12.1 Å². The van der Waals surface area contributed by atoms with E-state index >= 15 is 0 Å².